The van der Waals surface area contributed by atoms with Crippen LogP contribution in [0.2, 0.25) is 0 Å². The maximum Gasteiger partial charge on any atom is 0.405 e. The molecule has 11 heteroatoms. The Kier molecular flexibility index (Phi) is 6.25. The summed E-state index contributed by atoms with van der Waals surface area (Å²) in [5.74, 6) is 2.14. The summed E-state index contributed by atoms with van der Waals surface area (Å²) in [7, 11) is 0. The molecule has 1 heterocycles. The van der Waals surface area contributed by atoms with Crippen LogP contribution in [0.25, 0.3) is 10.9 Å². The van der Waals surface area contributed by atoms with Crippen LogP contribution in [-0.2, 0) is 6.54 Å². The second kappa shape index (κ2) is 8.91. The Bertz CT molecular complexity index is 1400. The molecule has 0 radical (unpaired) electrons. The molecular formula is C24H18F7N3O. The number of alkyl halides is 5. The molecule has 0 amide bonds. The second-order valence-electron chi connectivity index (χ2n) is 8.13. The number of benzene rings is 2. The van der Waals surface area contributed by atoms with Gasteiger partial charge in [0.05, 0.1) is 17.4 Å². The van der Waals surface area contributed by atoms with E-state index in [1.807, 2.05) is 0 Å². The molecule has 0 atom stereocenters. The highest BCUT2D eigenvalue weighted by Gasteiger charge is 2.62. The summed E-state index contributed by atoms with van der Waals surface area (Å²) in [5, 5.41) is -0.236. The third kappa shape index (κ3) is 4.70. The van der Waals surface area contributed by atoms with Crippen molar-refractivity contribution in [2.24, 2.45) is 5.41 Å². The van der Waals surface area contributed by atoms with E-state index in [4.69, 9.17) is 0 Å². The molecule has 4 rings (SSSR count). The Morgan fingerprint density at radius 2 is 1.89 bits per heavy atom. The topological polar surface area (TPSA) is 38.1 Å². The molecule has 0 N–H and O–H groups in total. The van der Waals surface area contributed by atoms with Crippen molar-refractivity contribution in [3.63, 3.8) is 0 Å². The molecule has 0 bridgehead atoms. The van der Waals surface area contributed by atoms with Gasteiger partial charge in [0, 0.05) is 17.8 Å². The van der Waals surface area contributed by atoms with E-state index in [1.165, 1.54) is 12.1 Å². The van der Waals surface area contributed by atoms with Gasteiger partial charge >= 0.3 is 11.9 Å². The zero-order valence-corrected chi connectivity index (χ0v) is 18.3. The van der Waals surface area contributed by atoms with E-state index >= 15 is 0 Å². The third-order valence-corrected chi connectivity index (χ3v) is 5.76. The molecule has 0 aliphatic heterocycles. The number of nitrogens with zero attached hydrogens (tertiary/aromatic N) is 3. The van der Waals surface area contributed by atoms with Crippen molar-refractivity contribution in [1.82, 2.24) is 9.55 Å². The number of anilines is 2. The number of hydrogen-bond acceptors (Lipinski definition) is 3. The highest BCUT2D eigenvalue weighted by Crippen LogP contribution is 2.57. The minimum absolute atomic E-state index is 0.0963. The van der Waals surface area contributed by atoms with E-state index in [0.717, 1.165) is 33.7 Å². The SMILES string of the molecule is CCn1c(=O)nc(N(CC(F)F)c2cc(F)cc(C#CC3(C(F)(F)F)CC3)c2)c2c(F)cccc21. The second-order valence-corrected chi connectivity index (χ2v) is 8.13. The first-order valence-electron chi connectivity index (χ1n) is 10.6. The number of hydrogen-bond donors (Lipinski definition) is 0. The van der Waals surface area contributed by atoms with Crippen LogP contribution >= 0.6 is 0 Å². The van der Waals surface area contributed by atoms with Crippen LogP contribution in [-0.4, -0.2) is 28.7 Å². The lowest BCUT2D eigenvalue weighted by Crippen LogP contribution is -2.31. The minimum atomic E-state index is -4.55. The summed E-state index contributed by atoms with van der Waals surface area (Å²) in [6.07, 6.45) is -7.94. The van der Waals surface area contributed by atoms with Crippen molar-refractivity contribution in [2.75, 3.05) is 11.4 Å². The van der Waals surface area contributed by atoms with Crippen LogP contribution in [0.4, 0.5) is 42.2 Å². The van der Waals surface area contributed by atoms with Crippen molar-refractivity contribution in [3.05, 3.63) is 64.1 Å². The summed E-state index contributed by atoms with van der Waals surface area (Å²) in [6, 6.07) is 6.63. The summed E-state index contributed by atoms with van der Waals surface area (Å²) in [5.41, 5.74) is -3.37. The summed E-state index contributed by atoms with van der Waals surface area (Å²) in [6.45, 7) is 0.658. The van der Waals surface area contributed by atoms with Gasteiger partial charge in [-0.25, -0.2) is 22.4 Å². The number of rotatable bonds is 5. The van der Waals surface area contributed by atoms with Crippen LogP contribution in [0.5, 0.6) is 0 Å². The van der Waals surface area contributed by atoms with E-state index in [-0.39, 0.29) is 41.5 Å². The van der Waals surface area contributed by atoms with Gasteiger partial charge in [0.15, 0.2) is 5.82 Å². The third-order valence-electron chi connectivity index (χ3n) is 5.76. The van der Waals surface area contributed by atoms with Crippen LogP contribution < -0.4 is 10.6 Å². The van der Waals surface area contributed by atoms with Gasteiger partial charge in [-0.3, -0.25) is 4.57 Å². The molecule has 184 valence electrons. The van der Waals surface area contributed by atoms with Crippen molar-refractivity contribution < 1.29 is 30.7 Å². The van der Waals surface area contributed by atoms with Gasteiger partial charge in [0.2, 0.25) is 0 Å². The van der Waals surface area contributed by atoms with Gasteiger partial charge in [-0.2, -0.15) is 18.2 Å². The Balaban J connectivity index is 1.90. The lowest BCUT2D eigenvalue weighted by atomic mass is 10.1. The zero-order valence-electron chi connectivity index (χ0n) is 18.3. The lowest BCUT2D eigenvalue weighted by Gasteiger charge is -2.26. The highest BCUT2D eigenvalue weighted by atomic mass is 19.4. The molecule has 0 spiro atoms. The number of fused-ring (bicyclic) bond motifs is 1. The predicted octanol–water partition coefficient (Wildman–Crippen LogP) is 5.79. The Labute approximate surface area is 195 Å². The van der Waals surface area contributed by atoms with Crippen molar-refractivity contribution in [3.8, 4) is 11.8 Å². The first-order valence-corrected chi connectivity index (χ1v) is 10.6. The average molecular weight is 497 g/mol. The average Bonchev–Trinajstić information content (AvgIpc) is 3.57. The van der Waals surface area contributed by atoms with E-state index in [2.05, 4.69) is 16.8 Å². The molecule has 2 aromatic carbocycles. The molecule has 0 saturated heterocycles. The maximum atomic E-state index is 14.9. The largest absolute Gasteiger partial charge is 0.405 e. The fraction of sp³-hybridized carbons (Fsp3) is 0.333. The molecule has 1 aliphatic carbocycles. The van der Waals surface area contributed by atoms with Gasteiger partial charge in [0.25, 0.3) is 6.43 Å². The predicted molar refractivity (Wildman–Crippen MR) is 116 cm³/mol. The standard InChI is InChI=1S/C24H18F7N3O/c1-2-33-18-5-3-4-17(26)20(18)21(32-22(33)35)34(13-19(27)28)16-11-14(10-15(25)12-16)6-7-23(8-9-23)24(29,30)31/h3-5,10-12,19H,2,8-9,13H2,1H3. The first-order chi connectivity index (χ1) is 16.5. The van der Waals surface area contributed by atoms with Crippen LogP contribution in [0.1, 0.15) is 25.3 Å². The van der Waals surface area contributed by atoms with Gasteiger partial charge in [-0.05, 0) is 50.1 Å². The number of halogens is 7. The molecule has 1 aliphatic rings. The van der Waals surface area contributed by atoms with E-state index in [1.54, 1.807) is 6.92 Å². The monoisotopic (exact) mass is 497 g/mol. The summed E-state index contributed by atoms with van der Waals surface area (Å²) >= 11 is 0. The Hall–Kier alpha value is -3.55. The molecule has 1 fully saturated rings. The van der Waals surface area contributed by atoms with Crippen molar-refractivity contribution in [1.29, 1.82) is 0 Å². The summed E-state index contributed by atoms with van der Waals surface area (Å²) < 4.78 is 97.1. The van der Waals surface area contributed by atoms with Gasteiger partial charge < -0.3 is 4.90 Å². The van der Waals surface area contributed by atoms with Crippen molar-refractivity contribution >= 4 is 22.4 Å². The quantitative estimate of drug-likeness (QED) is 0.331. The Morgan fingerprint density at radius 3 is 2.49 bits per heavy atom. The summed E-state index contributed by atoms with van der Waals surface area (Å²) in [4.78, 5) is 17.1. The molecular weight excluding hydrogens is 479 g/mol. The van der Waals surface area contributed by atoms with Crippen molar-refractivity contribution in [2.45, 2.75) is 38.9 Å². The normalized spacial score (nSPS) is 14.7. The molecule has 0 unspecified atom stereocenters. The molecule has 3 aromatic rings. The zero-order chi connectivity index (χ0) is 25.5. The van der Waals surface area contributed by atoms with Crippen LogP contribution in [0.15, 0.2) is 41.2 Å². The lowest BCUT2D eigenvalue weighted by molar-refractivity contribution is -0.168. The van der Waals surface area contributed by atoms with Gasteiger partial charge in [-0.1, -0.05) is 17.9 Å². The highest BCUT2D eigenvalue weighted by molar-refractivity contribution is 5.92. The van der Waals surface area contributed by atoms with Gasteiger partial charge in [0.1, 0.15) is 17.0 Å². The van der Waals surface area contributed by atoms with Crippen LogP contribution in [0.3, 0.4) is 0 Å². The van der Waals surface area contributed by atoms with Gasteiger partial charge in [-0.15, -0.1) is 0 Å². The Morgan fingerprint density at radius 1 is 1.17 bits per heavy atom. The fourth-order valence-electron chi connectivity index (χ4n) is 3.82. The van der Waals surface area contributed by atoms with E-state index < -0.39 is 47.7 Å². The van der Waals surface area contributed by atoms with E-state index in [0.29, 0.717) is 0 Å². The molecule has 4 nitrogen and oxygen atoms in total. The first kappa shape index (κ1) is 24.6. The van der Waals surface area contributed by atoms with E-state index in [9.17, 15) is 35.5 Å². The maximum absolute atomic E-state index is 14.9. The minimum Gasteiger partial charge on any atom is -0.320 e. The molecule has 35 heavy (non-hydrogen) atoms. The fourth-order valence-corrected chi connectivity index (χ4v) is 3.82. The smallest absolute Gasteiger partial charge is 0.320 e. The number of aryl methyl sites for hydroxylation is 1. The molecule has 1 aromatic heterocycles. The molecule has 1 saturated carbocycles. The van der Waals surface area contributed by atoms with Crippen LogP contribution in [0, 0.1) is 28.9 Å². The number of aromatic nitrogens is 2.